The molecule has 0 aromatic rings. The summed E-state index contributed by atoms with van der Waals surface area (Å²) in [5.41, 5.74) is 0.612. The maximum atomic E-state index is 8.45. The number of nitrogens with zero attached hydrogens (tertiary/aromatic N) is 2. The Balaban J connectivity index is 3.83. The van der Waals surface area contributed by atoms with Crippen molar-refractivity contribution in [3.8, 4) is 0 Å². The van der Waals surface area contributed by atoms with E-state index in [4.69, 9.17) is 9.84 Å². The van der Waals surface area contributed by atoms with Crippen molar-refractivity contribution in [2.24, 2.45) is 9.98 Å². The molecule has 4 nitrogen and oxygen atoms in total. The van der Waals surface area contributed by atoms with Gasteiger partial charge in [-0.05, 0) is 13.6 Å². The largest absolute Gasteiger partial charge is 0.463 e. The van der Waals surface area contributed by atoms with Crippen LogP contribution < -0.4 is 0 Å². The summed E-state index contributed by atoms with van der Waals surface area (Å²) < 4.78 is 5.04. The summed E-state index contributed by atoms with van der Waals surface area (Å²) in [6, 6.07) is 0.205. The summed E-state index contributed by atoms with van der Waals surface area (Å²) in [5, 5.41) is 8.45. The minimum atomic E-state index is 0.0947. The zero-order chi connectivity index (χ0) is 9.40. The predicted octanol–water partition coefficient (Wildman–Crippen LogP) is 0.976. The second kappa shape index (κ2) is 6.54. The highest BCUT2D eigenvalue weighted by molar-refractivity contribution is 5.79. The molecule has 0 aromatic carbocycles. The van der Waals surface area contributed by atoms with Crippen LogP contribution in [0.2, 0.25) is 0 Å². The Morgan fingerprint density at radius 2 is 2.25 bits per heavy atom. The topological polar surface area (TPSA) is 54.2 Å². The van der Waals surface area contributed by atoms with E-state index in [1.807, 2.05) is 0 Å². The number of rotatable bonds is 4. The summed E-state index contributed by atoms with van der Waals surface area (Å²) >= 11 is 0. The summed E-state index contributed by atoms with van der Waals surface area (Å²) in [5.74, 6) is 0. The lowest BCUT2D eigenvalue weighted by Gasteiger charge is -2.02. The number of hydrogen-bond acceptors (Lipinski definition) is 3. The molecule has 0 bridgehead atoms. The molecular formula is C8H14N2O2. The molecule has 0 atom stereocenters. The quantitative estimate of drug-likeness (QED) is 0.388. The van der Waals surface area contributed by atoms with Crippen LogP contribution in [0.25, 0.3) is 0 Å². The molecule has 1 N–H and O–H groups in total. The Morgan fingerprint density at radius 3 is 2.67 bits per heavy atom. The Morgan fingerprint density at radius 1 is 1.58 bits per heavy atom. The van der Waals surface area contributed by atoms with Crippen LogP contribution in [0.15, 0.2) is 22.3 Å². The fourth-order valence-electron chi connectivity index (χ4n) is 0.505. The molecule has 0 rings (SSSR count). The highest BCUT2D eigenvalue weighted by Gasteiger charge is 1.94. The van der Waals surface area contributed by atoms with E-state index in [0.717, 1.165) is 0 Å². The molecule has 0 heterocycles. The molecule has 0 aliphatic rings. The molecular weight excluding hydrogens is 156 g/mol. The Hall–Kier alpha value is -1.16. The first-order chi connectivity index (χ1) is 5.70. The van der Waals surface area contributed by atoms with Gasteiger partial charge in [0, 0.05) is 18.7 Å². The van der Waals surface area contributed by atoms with E-state index in [2.05, 4.69) is 23.3 Å². The molecule has 0 saturated heterocycles. The number of aliphatic hydroxyl groups excluding tert-OH is 1. The van der Waals surface area contributed by atoms with Crippen molar-refractivity contribution in [2.45, 2.75) is 13.3 Å². The van der Waals surface area contributed by atoms with E-state index in [9.17, 15) is 0 Å². The van der Waals surface area contributed by atoms with Gasteiger partial charge in [0.25, 0.3) is 0 Å². The van der Waals surface area contributed by atoms with Gasteiger partial charge in [-0.2, -0.15) is 0 Å². The lowest BCUT2D eigenvalue weighted by Crippen LogP contribution is -2.04. The number of amidine groups is 1. The van der Waals surface area contributed by atoms with Crippen molar-refractivity contribution in [2.75, 3.05) is 13.2 Å². The summed E-state index contributed by atoms with van der Waals surface area (Å²) in [4.78, 5) is 7.39. The Labute approximate surface area is 72.3 Å². The third kappa shape index (κ3) is 5.61. The average molecular weight is 170 g/mol. The minimum absolute atomic E-state index is 0.0947. The van der Waals surface area contributed by atoms with E-state index >= 15 is 0 Å². The van der Waals surface area contributed by atoms with Crippen molar-refractivity contribution in [1.29, 1.82) is 0 Å². The summed E-state index contributed by atoms with van der Waals surface area (Å²) in [7, 11) is 0. The molecule has 0 aliphatic heterocycles. The highest BCUT2D eigenvalue weighted by atomic mass is 16.5. The van der Waals surface area contributed by atoms with Gasteiger partial charge in [-0.3, -0.25) is 0 Å². The van der Waals surface area contributed by atoms with Gasteiger partial charge in [0.05, 0.1) is 6.61 Å². The zero-order valence-electron chi connectivity index (χ0n) is 7.29. The Kier molecular flexibility index (Phi) is 5.91. The summed E-state index contributed by atoms with van der Waals surface area (Å²) in [6.45, 7) is 9.07. The molecule has 0 radical (unpaired) electrons. The van der Waals surface area contributed by atoms with Crippen LogP contribution >= 0.6 is 0 Å². The zero-order valence-corrected chi connectivity index (χ0v) is 7.29. The molecule has 0 aromatic heterocycles. The number of aliphatic imine (C=N–C) groups is 2. The molecule has 0 fully saturated rings. The second-order valence-electron chi connectivity index (χ2n) is 2.21. The number of hydrogen-bond donors (Lipinski definition) is 1. The van der Waals surface area contributed by atoms with Crippen molar-refractivity contribution in [1.82, 2.24) is 0 Å². The monoisotopic (exact) mass is 170 g/mol. The van der Waals surface area contributed by atoms with Gasteiger partial charge in [-0.15, -0.1) is 0 Å². The van der Waals surface area contributed by atoms with Crippen molar-refractivity contribution in [3.63, 3.8) is 0 Å². The molecule has 0 aliphatic carbocycles. The van der Waals surface area contributed by atoms with Gasteiger partial charge in [0.15, 0.2) is 0 Å². The first-order valence-electron chi connectivity index (χ1n) is 3.65. The van der Waals surface area contributed by atoms with E-state index in [-0.39, 0.29) is 12.6 Å². The van der Waals surface area contributed by atoms with Crippen molar-refractivity contribution >= 4 is 12.7 Å². The summed E-state index contributed by atoms with van der Waals surface area (Å²) in [6.07, 6.45) is 0.560. The number of ether oxygens (including phenoxy) is 1. The highest BCUT2D eigenvalue weighted by Crippen LogP contribution is 1.94. The Bertz CT molecular complexity index is 187. The van der Waals surface area contributed by atoms with Crippen LogP contribution in [0.1, 0.15) is 13.3 Å². The van der Waals surface area contributed by atoms with E-state index in [1.54, 1.807) is 6.92 Å². The third-order valence-electron chi connectivity index (χ3n) is 0.955. The molecule has 0 spiro atoms. The lowest BCUT2D eigenvalue weighted by atomic mass is 10.5. The van der Waals surface area contributed by atoms with E-state index < -0.39 is 0 Å². The smallest absolute Gasteiger partial charge is 0.315 e. The standard InChI is InChI=1S/C8H14N2O2/c1-7(2)10-8(9-3)12-6-4-5-11/h11H,1,3-6H2,2H3. The fourth-order valence-corrected chi connectivity index (χ4v) is 0.505. The van der Waals surface area contributed by atoms with Crippen LogP contribution in [0, 0.1) is 0 Å². The van der Waals surface area contributed by atoms with Crippen LogP contribution in [-0.2, 0) is 4.74 Å². The fraction of sp³-hybridized carbons (Fsp3) is 0.500. The van der Waals surface area contributed by atoms with Crippen molar-refractivity contribution < 1.29 is 9.84 Å². The first-order valence-corrected chi connectivity index (χ1v) is 3.65. The first kappa shape index (κ1) is 10.8. The molecule has 0 saturated carbocycles. The molecule has 12 heavy (non-hydrogen) atoms. The van der Waals surface area contributed by atoms with Gasteiger partial charge in [-0.25, -0.2) is 9.98 Å². The van der Waals surface area contributed by atoms with Crippen LogP contribution in [0.5, 0.6) is 0 Å². The van der Waals surface area contributed by atoms with Crippen molar-refractivity contribution in [3.05, 3.63) is 12.3 Å². The number of allylic oxidation sites excluding steroid dienone is 1. The second-order valence-corrected chi connectivity index (χ2v) is 2.21. The molecule has 4 heteroatoms. The third-order valence-corrected chi connectivity index (χ3v) is 0.955. The van der Waals surface area contributed by atoms with E-state index in [1.165, 1.54) is 0 Å². The predicted molar refractivity (Wildman–Crippen MR) is 49.5 cm³/mol. The van der Waals surface area contributed by atoms with Gasteiger partial charge >= 0.3 is 6.02 Å². The minimum Gasteiger partial charge on any atom is -0.463 e. The SMILES string of the molecule is C=NC(=NC(=C)C)OCCCO. The van der Waals surface area contributed by atoms with Crippen LogP contribution in [-0.4, -0.2) is 31.1 Å². The van der Waals surface area contributed by atoms with Crippen LogP contribution in [0.3, 0.4) is 0 Å². The van der Waals surface area contributed by atoms with Gasteiger partial charge in [-0.1, -0.05) is 6.58 Å². The normalized spacial score (nSPS) is 11.0. The maximum absolute atomic E-state index is 8.45. The van der Waals surface area contributed by atoms with E-state index in [0.29, 0.717) is 18.7 Å². The van der Waals surface area contributed by atoms with Gasteiger partial charge in [0.2, 0.25) is 0 Å². The lowest BCUT2D eigenvalue weighted by molar-refractivity contribution is 0.225. The molecule has 0 unspecified atom stereocenters. The molecule has 68 valence electrons. The maximum Gasteiger partial charge on any atom is 0.315 e. The van der Waals surface area contributed by atoms with Crippen LogP contribution in [0.4, 0.5) is 0 Å². The van der Waals surface area contributed by atoms with Gasteiger partial charge < -0.3 is 9.84 Å². The average Bonchev–Trinajstić information content (AvgIpc) is 2.02. The molecule has 0 amide bonds. The van der Waals surface area contributed by atoms with Gasteiger partial charge in [0.1, 0.15) is 0 Å². The number of aliphatic hydroxyl groups is 1.